The van der Waals surface area contributed by atoms with Crippen molar-refractivity contribution < 1.29 is 9.84 Å². The molecule has 1 aromatic rings. The summed E-state index contributed by atoms with van der Waals surface area (Å²) in [5.41, 5.74) is 2.11. The fourth-order valence-electron chi connectivity index (χ4n) is 1.57. The molecule has 0 unspecified atom stereocenters. The van der Waals surface area contributed by atoms with Crippen LogP contribution in [0.25, 0.3) is 0 Å². The molecule has 0 heterocycles. The minimum atomic E-state index is 0.108. The average Bonchev–Trinajstić information content (AvgIpc) is 3.12. The Balaban J connectivity index is 2.09. The van der Waals surface area contributed by atoms with E-state index < -0.39 is 0 Å². The molecule has 0 amide bonds. The van der Waals surface area contributed by atoms with Crippen LogP contribution in [0.3, 0.4) is 0 Å². The molecule has 2 rings (SSSR count). The number of hydrogen-bond acceptors (Lipinski definition) is 2. The Morgan fingerprint density at radius 2 is 2.24 bits per heavy atom. The smallest absolute Gasteiger partial charge is 0.134 e. The van der Waals surface area contributed by atoms with Gasteiger partial charge in [-0.05, 0) is 43.4 Å². The van der Waals surface area contributed by atoms with E-state index in [1.807, 2.05) is 25.1 Å². The summed E-state index contributed by atoms with van der Waals surface area (Å²) in [5, 5.41) is 8.72. The molecule has 0 spiro atoms. The highest BCUT2D eigenvalue weighted by Crippen LogP contribution is 2.30. The van der Waals surface area contributed by atoms with E-state index >= 15 is 0 Å². The Bertz CT molecular complexity index is 436. The number of ether oxygens (including phenoxy) is 1. The topological polar surface area (TPSA) is 29.5 Å². The molecule has 0 saturated heterocycles. The summed E-state index contributed by atoms with van der Waals surface area (Å²) in [6.07, 6.45) is 3.09. The fourth-order valence-corrected chi connectivity index (χ4v) is 1.57. The predicted octanol–water partition coefficient (Wildman–Crippen LogP) is 2.52. The van der Waals surface area contributed by atoms with Crippen LogP contribution in [-0.4, -0.2) is 18.3 Å². The highest BCUT2D eigenvalue weighted by molar-refractivity contribution is 5.48. The normalized spacial score (nSPS) is 14.0. The number of aryl methyl sites for hydroxylation is 1. The van der Waals surface area contributed by atoms with Crippen LogP contribution in [0.15, 0.2) is 18.2 Å². The van der Waals surface area contributed by atoms with Crippen molar-refractivity contribution in [1.82, 2.24) is 0 Å². The molecular weight excluding hydrogens is 212 g/mol. The third kappa shape index (κ3) is 3.80. The zero-order valence-corrected chi connectivity index (χ0v) is 10.2. The van der Waals surface area contributed by atoms with Crippen LogP contribution >= 0.6 is 0 Å². The van der Waals surface area contributed by atoms with Gasteiger partial charge in [0, 0.05) is 6.42 Å². The fraction of sp³-hybridized carbons (Fsp3) is 0.467. The van der Waals surface area contributed by atoms with Gasteiger partial charge in [-0.25, -0.2) is 0 Å². The van der Waals surface area contributed by atoms with Gasteiger partial charge in [-0.1, -0.05) is 17.9 Å². The second-order valence-electron chi connectivity index (χ2n) is 4.53. The van der Waals surface area contributed by atoms with Crippen LogP contribution in [0.2, 0.25) is 0 Å². The molecule has 17 heavy (non-hydrogen) atoms. The van der Waals surface area contributed by atoms with E-state index in [0.717, 1.165) is 23.8 Å². The zero-order chi connectivity index (χ0) is 12.1. The molecule has 1 aromatic carbocycles. The third-order valence-electron chi connectivity index (χ3n) is 2.77. The Kier molecular flexibility index (Phi) is 4.06. The van der Waals surface area contributed by atoms with E-state index in [-0.39, 0.29) is 6.61 Å². The monoisotopic (exact) mass is 230 g/mol. The van der Waals surface area contributed by atoms with Gasteiger partial charge in [0.1, 0.15) is 5.75 Å². The molecule has 1 fully saturated rings. The van der Waals surface area contributed by atoms with Crippen molar-refractivity contribution in [3.8, 4) is 17.6 Å². The largest absolute Gasteiger partial charge is 0.492 e. The summed E-state index contributed by atoms with van der Waals surface area (Å²) in [6.45, 7) is 2.96. The summed E-state index contributed by atoms with van der Waals surface area (Å²) >= 11 is 0. The lowest BCUT2D eigenvalue weighted by Gasteiger charge is -2.08. The van der Waals surface area contributed by atoms with E-state index in [1.54, 1.807) is 0 Å². The van der Waals surface area contributed by atoms with Crippen molar-refractivity contribution in [2.75, 3.05) is 13.2 Å². The minimum Gasteiger partial charge on any atom is -0.492 e. The van der Waals surface area contributed by atoms with Crippen molar-refractivity contribution in [3.63, 3.8) is 0 Å². The lowest BCUT2D eigenvalue weighted by Crippen LogP contribution is -2.00. The first-order chi connectivity index (χ1) is 8.29. The number of aliphatic hydroxyl groups excluding tert-OH is 1. The van der Waals surface area contributed by atoms with Gasteiger partial charge in [0.25, 0.3) is 0 Å². The maximum Gasteiger partial charge on any atom is 0.134 e. The van der Waals surface area contributed by atoms with Gasteiger partial charge in [-0.15, -0.1) is 0 Å². The summed E-state index contributed by atoms with van der Waals surface area (Å²) in [5.74, 6) is 7.62. The van der Waals surface area contributed by atoms with E-state index in [1.165, 1.54) is 18.4 Å². The van der Waals surface area contributed by atoms with Crippen molar-refractivity contribution in [2.24, 2.45) is 5.92 Å². The highest BCUT2D eigenvalue weighted by Gasteiger charge is 2.22. The Labute approximate surface area is 103 Å². The van der Waals surface area contributed by atoms with Crippen LogP contribution in [0, 0.1) is 24.7 Å². The second kappa shape index (κ2) is 5.75. The highest BCUT2D eigenvalue weighted by atomic mass is 16.5. The lowest BCUT2D eigenvalue weighted by molar-refractivity contribution is 0.299. The van der Waals surface area contributed by atoms with Gasteiger partial charge in [0.15, 0.2) is 0 Å². The van der Waals surface area contributed by atoms with Crippen LogP contribution in [0.1, 0.15) is 30.4 Å². The Morgan fingerprint density at radius 3 is 2.94 bits per heavy atom. The molecule has 1 aliphatic rings. The summed E-state index contributed by atoms with van der Waals surface area (Å²) in [6, 6.07) is 6.06. The first-order valence-electron chi connectivity index (χ1n) is 6.13. The minimum absolute atomic E-state index is 0.108. The lowest BCUT2D eigenvalue weighted by atomic mass is 10.1. The van der Waals surface area contributed by atoms with Gasteiger partial charge < -0.3 is 9.84 Å². The molecule has 90 valence electrons. The average molecular weight is 230 g/mol. The molecule has 2 nitrogen and oxygen atoms in total. The molecule has 0 atom stereocenters. The van der Waals surface area contributed by atoms with Gasteiger partial charge in [-0.2, -0.15) is 0 Å². The summed E-state index contributed by atoms with van der Waals surface area (Å²) < 4.78 is 5.78. The van der Waals surface area contributed by atoms with Crippen molar-refractivity contribution in [3.05, 3.63) is 29.3 Å². The van der Waals surface area contributed by atoms with E-state index in [9.17, 15) is 0 Å². The summed E-state index contributed by atoms with van der Waals surface area (Å²) in [7, 11) is 0. The van der Waals surface area contributed by atoms with Crippen LogP contribution in [0.5, 0.6) is 5.75 Å². The van der Waals surface area contributed by atoms with Crippen LogP contribution in [0.4, 0.5) is 0 Å². The number of aliphatic hydroxyl groups is 1. The molecule has 2 heteroatoms. The molecule has 1 saturated carbocycles. The number of rotatable bonds is 4. The number of benzene rings is 1. The van der Waals surface area contributed by atoms with Gasteiger partial charge in [-0.3, -0.25) is 0 Å². The van der Waals surface area contributed by atoms with Crippen molar-refractivity contribution in [1.29, 1.82) is 0 Å². The second-order valence-corrected chi connectivity index (χ2v) is 4.53. The van der Waals surface area contributed by atoms with E-state index in [2.05, 4.69) is 11.8 Å². The first-order valence-corrected chi connectivity index (χ1v) is 6.13. The van der Waals surface area contributed by atoms with Crippen LogP contribution in [-0.2, 0) is 0 Å². The predicted molar refractivity (Wildman–Crippen MR) is 68.0 cm³/mol. The zero-order valence-electron chi connectivity index (χ0n) is 10.2. The van der Waals surface area contributed by atoms with Crippen molar-refractivity contribution >= 4 is 0 Å². The molecular formula is C15H18O2. The third-order valence-corrected chi connectivity index (χ3v) is 2.77. The van der Waals surface area contributed by atoms with Gasteiger partial charge in [0.2, 0.25) is 0 Å². The molecule has 0 aromatic heterocycles. The SMILES string of the molecule is Cc1ccc(OCC2CC2)c(C#CCCO)c1. The molecule has 1 aliphatic carbocycles. The Hall–Kier alpha value is -1.46. The van der Waals surface area contributed by atoms with E-state index in [4.69, 9.17) is 9.84 Å². The maximum absolute atomic E-state index is 8.72. The van der Waals surface area contributed by atoms with Crippen LogP contribution < -0.4 is 4.74 Å². The summed E-state index contributed by atoms with van der Waals surface area (Å²) in [4.78, 5) is 0. The van der Waals surface area contributed by atoms with Gasteiger partial charge in [0.05, 0.1) is 18.8 Å². The Morgan fingerprint density at radius 1 is 1.41 bits per heavy atom. The molecule has 0 aliphatic heterocycles. The molecule has 1 N–H and O–H groups in total. The number of hydrogen-bond donors (Lipinski definition) is 1. The molecule has 0 radical (unpaired) electrons. The standard InChI is InChI=1S/C15H18O2/c1-12-5-8-15(17-11-13-6-7-13)14(10-12)4-2-3-9-16/h5,8,10,13,16H,3,6-7,9,11H2,1H3. The quantitative estimate of drug-likeness (QED) is 0.805. The van der Waals surface area contributed by atoms with Gasteiger partial charge >= 0.3 is 0 Å². The van der Waals surface area contributed by atoms with E-state index in [0.29, 0.717) is 6.42 Å². The maximum atomic E-state index is 8.72. The van der Waals surface area contributed by atoms with Crippen molar-refractivity contribution in [2.45, 2.75) is 26.2 Å². The first kappa shape index (κ1) is 12.0. The molecule has 0 bridgehead atoms.